The number of hydrogen-bond donors (Lipinski definition) is 1. The lowest BCUT2D eigenvalue weighted by atomic mass is 9.94. The number of Topliss-reactive ketones (excluding diaryl/α,β-unsaturated/α-hetero) is 1. The van der Waals surface area contributed by atoms with Crippen LogP contribution < -0.4 is 9.64 Å². The minimum Gasteiger partial charge on any atom is -0.507 e. The van der Waals surface area contributed by atoms with E-state index in [0.717, 1.165) is 0 Å². The summed E-state index contributed by atoms with van der Waals surface area (Å²) in [4.78, 5) is 27.4. The third-order valence-electron chi connectivity index (χ3n) is 5.03. The highest BCUT2D eigenvalue weighted by atomic mass is 19.1. The Kier molecular flexibility index (Phi) is 5.06. The van der Waals surface area contributed by atoms with E-state index in [2.05, 4.69) is 0 Å². The fourth-order valence-electron chi connectivity index (χ4n) is 3.64. The van der Waals surface area contributed by atoms with E-state index in [1.54, 1.807) is 54.6 Å². The molecule has 3 aromatic carbocycles. The SMILES string of the molecule is COc1ccccc1[C@H]1C(=C(O)c2ccc(F)cc2)C(=O)C(=O)N1c1ccccc1. The lowest BCUT2D eigenvalue weighted by Crippen LogP contribution is -2.29. The Labute approximate surface area is 172 Å². The van der Waals surface area contributed by atoms with Gasteiger partial charge in [0, 0.05) is 16.8 Å². The number of anilines is 1. The molecule has 1 aliphatic heterocycles. The van der Waals surface area contributed by atoms with Gasteiger partial charge in [-0.1, -0.05) is 36.4 Å². The van der Waals surface area contributed by atoms with Crippen LogP contribution >= 0.6 is 0 Å². The van der Waals surface area contributed by atoms with Crippen LogP contribution in [0, 0.1) is 5.82 Å². The zero-order valence-corrected chi connectivity index (χ0v) is 16.1. The summed E-state index contributed by atoms with van der Waals surface area (Å²) in [6, 6.07) is 19.9. The Bertz CT molecular complexity index is 1140. The highest BCUT2D eigenvalue weighted by molar-refractivity contribution is 6.51. The minimum absolute atomic E-state index is 0.0834. The maximum Gasteiger partial charge on any atom is 0.300 e. The summed E-state index contributed by atoms with van der Waals surface area (Å²) in [7, 11) is 1.49. The lowest BCUT2D eigenvalue weighted by molar-refractivity contribution is -0.132. The summed E-state index contributed by atoms with van der Waals surface area (Å²) in [6.07, 6.45) is 0. The summed E-state index contributed by atoms with van der Waals surface area (Å²) in [5, 5.41) is 11.0. The molecule has 0 saturated carbocycles. The van der Waals surface area contributed by atoms with Crippen LogP contribution in [0.1, 0.15) is 17.2 Å². The molecule has 1 saturated heterocycles. The van der Waals surface area contributed by atoms with Crippen molar-refractivity contribution in [3.63, 3.8) is 0 Å². The quantitative estimate of drug-likeness (QED) is 0.397. The molecule has 0 unspecified atom stereocenters. The number of nitrogens with zero attached hydrogens (tertiary/aromatic N) is 1. The molecule has 6 heteroatoms. The summed E-state index contributed by atoms with van der Waals surface area (Å²) in [5.41, 5.74) is 1.21. The first-order chi connectivity index (χ1) is 14.5. The maximum atomic E-state index is 13.3. The van der Waals surface area contributed by atoms with Crippen LogP contribution in [0.4, 0.5) is 10.1 Å². The smallest absolute Gasteiger partial charge is 0.300 e. The molecular weight excluding hydrogens is 385 g/mol. The number of ketones is 1. The van der Waals surface area contributed by atoms with Crippen LogP contribution in [0.3, 0.4) is 0 Å². The highest BCUT2D eigenvalue weighted by Gasteiger charge is 2.47. The van der Waals surface area contributed by atoms with Crippen LogP contribution in [0.2, 0.25) is 0 Å². The molecule has 1 aliphatic rings. The lowest BCUT2D eigenvalue weighted by Gasteiger charge is -2.26. The van der Waals surface area contributed by atoms with E-state index in [-0.39, 0.29) is 16.9 Å². The molecule has 150 valence electrons. The zero-order chi connectivity index (χ0) is 21.3. The van der Waals surface area contributed by atoms with E-state index in [1.165, 1.54) is 36.3 Å². The van der Waals surface area contributed by atoms with Crippen molar-refractivity contribution < 1.29 is 23.8 Å². The molecule has 0 aromatic heterocycles. The van der Waals surface area contributed by atoms with Gasteiger partial charge in [-0.2, -0.15) is 0 Å². The number of benzene rings is 3. The van der Waals surface area contributed by atoms with Gasteiger partial charge in [-0.05, 0) is 42.5 Å². The van der Waals surface area contributed by atoms with Crippen molar-refractivity contribution in [2.24, 2.45) is 0 Å². The predicted molar refractivity (Wildman–Crippen MR) is 111 cm³/mol. The normalized spacial score (nSPS) is 17.9. The number of rotatable bonds is 4. The zero-order valence-electron chi connectivity index (χ0n) is 16.1. The Morgan fingerprint density at radius 3 is 2.23 bits per heavy atom. The second kappa shape index (κ2) is 7.83. The Morgan fingerprint density at radius 1 is 0.933 bits per heavy atom. The maximum absolute atomic E-state index is 13.3. The molecule has 0 bridgehead atoms. The molecule has 5 nitrogen and oxygen atoms in total. The second-order valence-electron chi connectivity index (χ2n) is 6.75. The molecule has 30 heavy (non-hydrogen) atoms. The first kappa shape index (κ1) is 19.4. The molecular formula is C24H18FNO4. The standard InChI is InChI=1S/C24H18FNO4/c1-30-19-10-6-5-9-18(19)21-20(22(27)15-11-13-16(25)14-12-15)23(28)24(29)26(21)17-7-3-2-4-8-17/h2-14,21,27H,1H3/t21-/m0/s1. The van der Waals surface area contributed by atoms with Crippen LogP contribution in [0.15, 0.2) is 84.4 Å². The number of methoxy groups -OCH3 is 1. The second-order valence-corrected chi connectivity index (χ2v) is 6.75. The van der Waals surface area contributed by atoms with Gasteiger partial charge in [0.05, 0.1) is 18.7 Å². The number of ether oxygens (including phenoxy) is 1. The molecule has 0 radical (unpaired) electrons. The van der Waals surface area contributed by atoms with Gasteiger partial charge in [0.15, 0.2) is 0 Å². The number of amides is 1. The van der Waals surface area contributed by atoms with Gasteiger partial charge in [0.25, 0.3) is 11.7 Å². The number of hydrogen-bond acceptors (Lipinski definition) is 4. The van der Waals surface area contributed by atoms with Crippen molar-refractivity contribution in [3.05, 3.63) is 101 Å². The Hall–Kier alpha value is -3.93. The molecule has 1 fully saturated rings. The van der Waals surface area contributed by atoms with E-state index in [4.69, 9.17) is 4.74 Å². The number of carbonyl (C=O) groups is 2. The topological polar surface area (TPSA) is 66.8 Å². The van der Waals surface area contributed by atoms with E-state index in [0.29, 0.717) is 17.0 Å². The van der Waals surface area contributed by atoms with Gasteiger partial charge in [0.2, 0.25) is 0 Å². The first-order valence-electron chi connectivity index (χ1n) is 9.28. The molecule has 1 atom stereocenters. The summed E-state index contributed by atoms with van der Waals surface area (Å²) in [6.45, 7) is 0. The Morgan fingerprint density at radius 2 is 1.57 bits per heavy atom. The highest BCUT2D eigenvalue weighted by Crippen LogP contribution is 2.44. The monoisotopic (exact) mass is 403 g/mol. The minimum atomic E-state index is -0.909. The van der Waals surface area contributed by atoms with Crippen LogP contribution in [0.25, 0.3) is 5.76 Å². The van der Waals surface area contributed by atoms with Crippen molar-refractivity contribution in [2.45, 2.75) is 6.04 Å². The Balaban J connectivity index is 1.98. The van der Waals surface area contributed by atoms with E-state index < -0.39 is 23.5 Å². The van der Waals surface area contributed by atoms with Gasteiger partial charge < -0.3 is 9.84 Å². The van der Waals surface area contributed by atoms with Crippen LogP contribution in [0.5, 0.6) is 5.75 Å². The average Bonchev–Trinajstić information content (AvgIpc) is 3.04. The van der Waals surface area contributed by atoms with E-state index in [1.807, 2.05) is 0 Å². The van der Waals surface area contributed by atoms with Gasteiger partial charge in [-0.25, -0.2) is 4.39 Å². The van der Waals surface area contributed by atoms with E-state index in [9.17, 15) is 19.1 Å². The summed E-state index contributed by atoms with van der Waals surface area (Å²) in [5.74, 6) is -1.96. The summed E-state index contributed by atoms with van der Waals surface area (Å²) >= 11 is 0. The molecule has 4 rings (SSSR count). The van der Waals surface area contributed by atoms with Crippen molar-refractivity contribution in [1.82, 2.24) is 0 Å². The molecule has 0 spiro atoms. The van der Waals surface area contributed by atoms with Gasteiger partial charge >= 0.3 is 0 Å². The molecule has 1 amide bonds. The number of aliphatic hydroxyl groups is 1. The van der Waals surface area contributed by atoms with Crippen molar-refractivity contribution in [3.8, 4) is 5.75 Å². The molecule has 1 heterocycles. The largest absolute Gasteiger partial charge is 0.507 e. The number of aliphatic hydroxyl groups excluding tert-OH is 1. The molecule has 0 aliphatic carbocycles. The van der Waals surface area contributed by atoms with E-state index >= 15 is 0 Å². The molecule has 1 N–H and O–H groups in total. The number of carbonyl (C=O) groups excluding carboxylic acids is 2. The third-order valence-corrected chi connectivity index (χ3v) is 5.03. The van der Waals surface area contributed by atoms with Crippen molar-refractivity contribution in [2.75, 3.05) is 12.0 Å². The fraction of sp³-hybridized carbons (Fsp3) is 0.0833. The van der Waals surface area contributed by atoms with Crippen molar-refractivity contribution >= 4 is 23.1 Å². The molecule has 3 aromatic rings. The number of halogens is 1. The average molecular weight is 403 g/mol. The predicted octanol–water partition coefficient (Wildman–Crippen LogP) is 4.46. The fourth-order valence-corrected chi connectivity index (χ4v) is 3.64. The van der Waals surface area contributed by atoms with Crippen molar-refractivity contribution in [1.29, 1.82) is 0 Å². The first-order valence-corrected chi connectivity index (χ1v) is 9.28. The van der Waals surface area contributed by atoms with Crippen LogP contribution in [-0.4, -0.2) is 23.9 Å². The van der Waals surface area contributed by atoms with Gasteiger partial charge in [0.1, 0.15) is 17.3 Å². The number of para-hydroxylation sites is 2. The third kappa shape index (κ3) is 3.22. The summed E-state index contributed by atoms with van der Waals surface area (Å²) < 4.78 is 18.8. The van der Waals surface area contributed by atoms with Gasteiger partial charge in [-0.15, -0.1) is 0 Å². The van der Waals surface area contributed by atoms with Crippen LogP contribution in [-0.2, 0) is 9.59 Å². The van der Waals surface area contributed by atoms with Gasteiger partial charge in [-0.3, -0.25) is 14.5 Å².